The first-order chi connectivity index (χ1) is 12.4. The second-order valence-corrected chi connectivity index (χ2v) is 8.31. The number of piperazine rings is 1. The van der Waals surface area contributed by atoms with Crippen molar-refractivity contribution in [3.63, 3.8) is 0 Å². The SMILES string of the molecule is CC1CN(C(=O)c2ccc(S(=O)(=O)Nc3ccccc3Cl)cc2)CCN1. The van der Waals surface area contributed by atoms with Gasteiger partial charge in [0.2, 0.25) is 0 Å². The molecule has 1 unspecified atom stereocenters. The molecule has 2 N–H and O–H groups in total. The van der Waals surface area contributed by atoms with Crippen LogP contribution in [0.25, 0.3) is 0 Å². The molecule has 1 aliphatic heterocycles. The number of nitrogens with zero attached hydrogens (tertiary/aromatic N) is 1. The molecule has 3 rings (SSSR count). The van der Waals surface area contributed by atoms with E-state index in [1.807, 2.05) is 6.92 Å². The minimum absolute atomic E-state index is 0.0719. The molecule has 2 aromatic carbocycles. The van der Waals surface area contributed by atoms with E-state index < -0.39 is 10.0 Å². The fourth-order valence-corrected chi connectivity index (χ4v) is 4.14. The molecule has 26 heavy (non-hydrogen) atoms. The summed E-state index contributed by atoms with van der Waals surface area (Å²) in [7, 11) is -3.78. The van der Waals surface area contributed by atoms with E-state index >= 15 is 0 Å². The molecule has 138 valence electrons. The van der Waals surface area contributed by atoms with Crippen molar-refractivity contribution in [2.75, 3.05) is 24.4 Å². The van der Waals surface area contributed by atoms with Gasteiger partial charge >= 0.3 is 0 Å². The average Bonchev–Trinajstić information content (AvgIpc) is 2.63. The predicted octanol–water partition coefficient (Wildman–Crippen LogP) is 2.57. The Morgan fingerprint density at radius 3 is 2.54 bits per heavy atom. The van der Waals surface area contributed by atoms with Gasteiger partial charge < -0.3 is 10.2 Å². The van der Waals surface area contributed by atoms with Gasteiger partial charge in [0.25, 0.3) is 15.9 Å². The molecule has 1 aliphatic rings. The quantitative estimate of drug-likeness (QED) is 0.836. The Morgan fingerprint density at radius 2 is 1.88 bits per heavy atom. The molecule has 6 nitrogen and oxygen atoms in total. The normalized spacial score (nSPS) is 17.8. The number of carbonyl (C=O) groups excluding carboxylic acids is 1. The molecular formula is C18H20ClN3O3S. The van der Waals surface area contributed by atoms with Gasteiger partial charge in [0.1, 0.15) is 0 Å². The number of halogens is 1. The number of amides is 1. The second kappa shape index (κ2) is 7.65. The molecule has 0 radical (unpaired) electrons. The number of nitrogens with one attached hydrogen (secondary N) is 2. The smallest absolute Gasteiger partial charge is 0.261 e. The van der Waals surface area contributed by atoms with Crippen LogP contribution >= 0.6 is 11.6 Å². The molecule has 1 amide bonds. The van der Waals surface area contributed by atoms with E-state index in [2.05, 4.69) is 10.0 Å². The molecular weight excluding hydrogens is 374 g/mol. The molecule has 1 atom stereocenters. The summed E-state index contributed by atoms with van der Waals surface area (Å²) in [5.74, 6) is -0.0960. The Balaban J connectivity index is 1.76. The highest BCUT2D eigenvalue weighted by Crippen LogP contribution is 2.24. The summed E-state index contributed by atoms with van der Waals surface area (Å²) in [6, 6.07) is 12.8. The summed E-state index contributed by atoms with van der Waals surface area (Å²) in [6.07, 6.45) is 0. The number of benzene rings is 2. The lowest BCUT2D eigenvalue weighted by atomic mass is 10.1. The Labute approximate surface area is 158 Å². The first kappa shape index (κ1) is 18.7. The number of hydrogen-bond donors (Lipinski definition) is 2. The van der Waals surface area contributed by atoms with Crippen molar-refractivity contribution in [3.8, 4) is 0 Å². The van der Waals surface area contributed by atoms with Crippen LogP contribution in [0.15, 0.2) is 53.4 Å². The van der Waals surface area contributed by atoms with E-state index in [1.54, 1.807) is 29.2 Å². The van der Waals surface area contributed by atoms with E-state index in [0.29, 0.717) is 29.4 Å². The van der Waals surface area contributed by atoms with Crippen molar-refractivity contribution in [3.05, 3.63) is 59.1 Å². The average molecular weight is 394 g/mol. The molecule has 1 fully saturated rings. The second-order valence-electron chi connectivity index (χ2n) is 6.22. The lowest BCUT2D eigenvalue weighted by molar-refractivity contribution is 0.0709. The van der Waals surface area contributed by atoms with E-state index in [9.17, 15) is 13.2 Å². The standard InChI is InChI=1S/C18H20ClN3O3S/c1-13-12-22(11-10-20-13)18(23)14-6-8-15(9-7-14)26(24,25)21-17-5-3-2-4-16(17)19/h2-9,13,20-21H,10-12H2,1H3. The van der Waals surface area contributed by atoms with Crippen LogP contribution in [-0.2, 0) is 10.0 Å². The summed E-state index contributed by atoms with van der Waals surface area (Å²) in [4.78, 5) is 14.4. The van der Waals surface area contributed by atoms with Crippen molar-refractivity contribution >= 4 is 33.2 Å². The number of rotatable bonds is 4. The van der Waals surface area contributed by atoms with E-state index in [0.717, 1.165) is 6.54 Å². The van der Waals surface area contributed by atoms with Crippen molar-refractivity contribution in [1.82, 2.24) is 10.2 Å². The summed E-state index contributed by atoms with van der Waals surface area (Å²) >= 11 is 6.00. The maximum Gasteiger partial charge on any atom is 0.261 e. The Hall–Kier alpha value is -2.09. The first-order valence-electron chi connectivity index (χ1n) is 8.27. The van der Waals surface area contributed by atoms with Crippen LogP contribution in [0, 0.1) is 0 Å². The molecule has 0 saturated carbocycles. The Bertz CT molecular complexity index is 900. The zero-order valence-electron chi connectivity index (χ0n) is 14.3. The highest BCUT2D eigenvalue weighted by molar-refractivity contribution is 7.92. The van der Waals surface area contributed by atoms with Gasteiger partial charge in [0.05, 0.1) is 15.6 Å². The van der Waals surface area contributed by atoms with Crippen LogP contribution in [0.4, 0.5) is 5.69 Å². The van der Waals surface area contributed by atoms with Crippen LogP contribution < -0.4 is 10.0 Å². The molecule has 0 aromatic heterocycles. The van der Waals surface area contributed by atoms with Gasteiger partial charge in [-0.25, -0.2) is 8.42 Å². The van der Waals surface area contributed by atoms with Crippen molar-refractivity contribution in [2.24, 2.45) is 0 Å². The zero-order chi connectivity index (χ0) is 18.7. The van der Waals surface area contributed by atoms with E-state index in [1.165, 1.54) is 24.3 Å². The third-order valence-electron chi connectivity index (χ3n) is 4.19. The number of sulfonamides is 1. The minimum Gasteiger partial charge on any atom is -0.336 e. The van der Waals surface area contributed by atoms with Gasteiger partial charge in [0, 0.05) is 31.2 Å². The third-order valence-corrected chi connectivity index (χ3v) is 5.90. The van der Waals surface area contributed by atoms with Crippen LogP contribution in [0.2, 0.25) is 5.02 Å². The van der Waals surface area contributed by atoms with Crippen LogP contribution in [0.3, 0.4) is 0 Å². The largest absolute Gasteiger partial charge is 0.336 e. The number of anilines is 1. The molecule has 0 bridgehead atoms. The lowest BCUT2D eigenvalue weighted by Gasteiger charge is -2.32. The van der Waals surface area contributed by atoms with Crippen molar-refractivity contribution < 1.29 is 13.2 Å². The maximum atomic E-state index is 12.6. The molecule has 2 aromatic rings. The monoisotopic (exact) mass is 393 g/mol. The number of para-hydroxylation sites is 1. The summed E-state index contributed by atoms with van der Waals surface area (Å²) in [5.41, 5.74) is 0.778. The Kier molecular flexibility index (Phi) is 5.50. The fourth-order valence-electron chi connectivity index (χ4n) is 2.82. The van der Waals surface area contributed by atoms with Crippen molar-refractivity contribution in [1.29, 1.82) is 0 Å². The number of carbonyl (C=O) groups is 1. The van der Waals surface area contributed by atoms with Crippen LogP contribution in [0.5, 0.6) is 0 Å². The van der Waals surface area contributed by atoms with Gasteiger partial charge in [-0.15, -0.1) is 0 Å². The minimum atomic E-state index is -3.78. The van der Waals surface area contributed by atoms with Gasteiger partial charge in [-0.05, 0) is 43.3 Å². The fraction of sp³-hybridized carbons (Fsp3) is 0.278. The zero-order valence-corrected chi connectivity index (χ0v) is 15.8. The molecule has 8 heteroatoms. The highest BCUT2D eigenvalue weighted by Gasteiger charge is 2.22. The van der Waals surface area contributed by atoms with Gasteiger partial charge in [-0.3, -0.25) is 9.52 Å². The molecule has 1 saturated heterocycles. The van der Waals surface area contributed by atoms with Gasteiger partial charge in [-0.1, -0.05) is 23.7 Å². The van der Waals surface area contributed by atoms with Gasteiger partial charge in [0.15, 0.2) is 0 Å². The van der Waals surface area contributed by atoms with E-state index in [-0.39, 0.29) is 16.8 Å². The van der Waals surface area contributed by atoms with Crippen molar-refractivity contribution in [2.45, 2.75) is 17.9 Å². The molecule has 0 spiro atoms. The summed E-state index contributed by atoms with van der Waals surface area (Å²) in [6.45, 7) is 4.04. The van der Waals surface area contributed by atoms with Crippen LogP contribution in [-0.4, -0.2) is 44.9 Å². The molecule has 0 aliphatic carbocycles. The topological polar surface area (TPSA) is 78.5 Å². The lowest BCUT2D eigenvalue weighted by Crippen LogP contribution is -2.51. The Morgan fingerprint density at radius 1 is 1.19 bits per heavy atom. The van der Waals surface area contributed by atoms with Gasteiger partial charge in [-0.2, -0.15) is 0 Å². The first-order valence-corrected chi connectivity index (χ1v) is 10.1. The number of hydrogen-bond acceptors (Lipinski definition) is 4. The summed E-state index contributed by atoms with van der Waals surface area (Å²) in [5, 5.41) is 3.60. The predicted molar refractivity (Wildman–Crippen MR) is 102 cm³/mol. The maximum absolute atomic E-state index is 12.6. The molecule has 1 heterocycles. The third kappa shape index (κ3) is 4.17. The highest BCUT2D eigenvalue weighted by atomic mass is 35.5. The van der Waals surface area contributed by atoms with Crippen LogP contribution in [0.1, 0.15) is 17.3 Å². The summed E-state index contributed by atoms with van der Waals surface area (Å²) < 4.78 is 27.5. The van der Waals surface area contributed by atoms with E-state index in [4.69, 9.17) is 11.6 Å².